The van der Waals surface area contributed by atoms with Crippen LogP contribution in [0.15, 0.2) is 77.8 Å². The fraction of sp³-hybridized carbons (Fsp3) is 0.379. The minimum absolute atomic E-state index is 0.0730. The van der Waals surface area contributed by atoms with Crippen LogP contribution in [-0.2, 0) is 32.2 Å². The summed E-state index contributed by atoms with van der Waals surface area (Å²) in [5.41, 5.74) is 12.3. The van der Waals surface area contributed by atoms with Crippen LogP contribution in [0.1, 0.15) is 17.5 Å². The van der Waals surface area contributed by atoms with E-state index in [0.29, 0.717) is 6.61 Å². The van der Waals surface area contributed by atoms with E-state index in [1.165, 1.54) is 11.8 Å². The van der Waals surface area contributed by atoms with Gasteiger partial charge >= 0.3 is 0 Å². The van der Waals surface area contributed by atoms with Crippen molar-refractivity contribution in [3.63, 3.8) is 0 Å². The number of amides is 1. The molecule has 6 N–H and O–H groups in total. The molecule has 39 heavy (non-hydrogen) atoms. The van der Waals surface area contributed by atoms with Gasteiger partial charge < -0.3 is 36.1 Å². The number of aliphatic hydroxyl groups is 1. The van der Waals surface area contributed by atoms with Crippen molar-refractivity contribution < 1.29 is 24.1 Å². The third kappa shape index (κ3) is 8.17. The molecule has 1 fully saturated rings. The number of nitrogens with one attached hydrogen (secondary N) is 1. The van der Waals surface area contributed by atoms with Gasteiger partial charge in [0.05, 0.1) is 32.4 Å². The molecule has 5 atom stereocenters. The summed E-state index contributed by atoms with van der Waals surface area (Å²) < 4.78 is 18.4. The van der Waals surface area contributed by atoms with Crippen LogP contribution in [0.25, 0.3) is 10.8 Å². The van der Waals surface area contributed by atoms with Gasteiger partial charge in [-0.1, -0.05) is 66.7 Å². The smallest absolute Gasteiger partial charge is 0.222 e. The second-order valence-electron chi connectivity index (χ2n) is 9.38. The molecule has 1 heterocycles. The van der Waals surface area contributed by atoms with Crippen molar-refractivity contribution in [2.24, 2.45) is 16.5 Å². The molecule has 0 spiro atoms. The SMILES string of the molecule is CS[C@@H]1O[C@H](COCc2ccccc2)[C@@H](O)[C@@H](OCc2ccc3ccccc3c2)[C@H]1NC(=O)CCN=C(N)N. The molecule has 4 rings (SSSR count). The summed E-state index contributed by atoms with van der Waals surface area (Å²) in [6.07, 6.45) is -0.425. The number of thioether (sulfide) groups is 1. The Kier molecular flexibility index (Phi) is 10.6. The van der Waals surface area contributed by atoms with Gasteiger partial charge in [0, 0.05) is 6.42 Å². The van der Waals surface area contributed by atoms with Crippen LogP contribution in [0.3, 0.4) is 0 Å². The third-order valence-corrected chi connectivity index (χ3v) is 7.39. The Hall–Kier alpha value is -3.15. The van der Waals surface area contributed by atoms with Crippen molar-refractivity contribution in [1.29, 1.82) is 0 Å². The Morgan fingerprint density at radius 2 is 1.77 bits per heavy atom. The molecular weight excluding hydrogens is 516 g/mol. The lowest BCUT2D eigenvalue weighted by molar-refractivity contribution is -0.196. The Balaban J connectivity index is 1.48. The number of aliphatic imine (C=N–C) groups is 1. The summed E-state index contributed by atoms with van der Waals surface area (Å²) in [7, 11) is 0. The fourth-order valence-electron chi connectivity index (χ4n) is 4.54. The topological polar surface area (TPSA) is 141 Å². The molecule has 10 heteroatoms. The Labute approximate surface area is 232 Å². The van der Waals surface area contributed by atoms with Gasteiger partial charge in [-0.05, 0) is 34.2 Å². The molecule has 0 radical (unpaired) electrons. The first-order valence-electron chi connectivity index (χ1n) is 12.9. The van der Waals surface area contributed by atoms with E-state index < -0.39 is 29.8 Å². The lowest BCUT2D eigenvalue weighted by Crippen LogP contribution is -2.64. The molecule has 0 saturated carbocycles. The van der Waals surface area contributed by atoms with Gasteiger partial charge in [0.2, 0.25) is 5.91 Å². The number of nitrogens with two attached hydrogens (primary N) is 2. The number of fused-ring (bicyclic) bond motifs is 1. The molecular formula is C29H36N4O5S. The number of hydrogen-bond donors (Lipinski definition) is 4. The Bertz CT molecular complexity index is 1240. The first kappa shape index (κ1) is 28.8. The largest absolute Gasteiger partial charge is 0.388 e. The molecule has 3 aromatic rings. The zero-order chi connectivity index (χ0) is 27.6. The summed E-state index contributed by atoms with van der Waals surface area (Å²) in [6, 6.07) is 23.4. The molecule has 1 aliphatic rings. The maximum Gasteiger partial charge on any atom is 0.222 e. The number of nitrogens with zero attached hydrogens (tertiary/aromatic N) is 1. The molecule has 3 aromatic carbocycles. The van der Waals surface area contributed by atoms with E-state index in [9.17, 15) is 9.90 Å². The minimum atomic E-state index is -1.03. The molecule has 9 nitrogen and oxygen atoms in total. The number of rotatable bonds is 12. The van der Waals surface area contributed by atoms with Crippen molar-refractivity contribution >= 4 is 34.4 Å². The zero-order valence-corrected chi connectivity index (χ0v) is 22.8. The Morgan fingerprint density at radius 1 is 1.03 bits per heavy atom. The molecule has 1 saturated heterocycles. The Morgan fingerprint density at radius 3 is 2.51 bits per heavy atom. The third-order valence-electron chi connectivity index (χ3n) is 6.52. The van der Waals surface area contributed by atoms with E-state index in [4.69, 9.17) is 25.7 Å². The van der Waals surface area contributed by atoms with Gasteiger partial charge in [0.25, 0.3) is 0 Å². The quantitative estimate of drug-likeness (QED) is 0.198. The van der Waals surface area contributed by atoms with Gasteiger partial charge in [-0.2, -0.15) is 0 Å². The highest BCUT2D eigenvalue weighted by atomic mass is 32.2. The average Bonchev–Trinajstić information content (AvgIpc) is 2.94. The highest BCUT2D eigenvalue weighted by Gasteiger charge is 2.46. The number of carbonyl (C=O) groups excluding carboxylic acids is 1. The highest BCUT2D eigenvalue weighted by Crippen LogP contribution is 2.30. The van der Waals surface area contributed by atoms with E-state index in [0.717, 1.165) is 21.9 Å². The van der Waals surface area contributed by atoms with Gasteiger partial charge in [-0.25, -0.2) is 0 Å². The summed E-state index contributed by atoms with van der Waals surface area (Å²) in [6.45, 7) is 0.984. The van der Waals surface area contributed by atoms with Crippen molar-refractivity contribution in [1.82, 2.24) is 5.32 Å². The number of hydrogen-bond acceptors (Lipinski definition) is 7. The van der Waals surface area contributed by atoms with Crippen LogP contribution in [0.5, 0.6) is 0 Å². The lowest BCUT2D eigenvalue weighted by atomic mass is 9.97. The number of ether oxygens (including phenoxy) is 3. The second kappa shape index (κ2) is 14.3. The van der Waals surface area contributed by atoms with E-state index in [2.05, 4.69) is 22.4 Å². The van der Waals surface area contributed by atoms with Crippen molar-refractivity contribution in [2.75, 3.05) is 19.4 Å². The monoisotopic (exact) mass is 552 g/mol. The van der Waals surface area contributed by atoms with Gasteiger partial charge in [-0.15, -0.1) is 11.8 Å². The molecule has 0 bridgehead atoms. The van der Waals surface area contributed by atoms with Crippen molar-refractivity contribution in [2.45, 2.75) is 49.4 Å². The summed E-state index contributed by atoms with van der Waals surface area (Å²) >= 11 is 1.44. The van der Waals surface area contributed by atoms with Crippen LogP contribution < -0.4 is 16.8 Å². The van der Waals surface area contributed by atoms with E-state index in [1.807, 2.05) is 66.9 Å². The predicted molar refractivity (Wildman–Crippen MR) is 154 cm³/mol. The summed E-state index contributed by atoms with van der Waals surface area (Å²) in [5, 5.41) is 16.6. The fourth-order valence-corrected chi connectivity index (χ4v) is 5.31. The zero-order valence-electron chi connectivity index (χ0n) is 21.9. The highest BCUT2D eigenvalue weighted by molar-refractivity contribution is 7.99. The normalized spacial score (nSPS) is 22.9. The molecule has 0 unspecified atom stereocenters. The number of carbonyl (C=O) groups is 1. The molecule has 1 aliphatic heterocycles. The lowest BCUT2D eigenvalue weighted by Gasteiger charge is -2.44. The predicted octanol–water partition coefficient (Wildman–Crippen LogP) is 2.54. The van der Waals surface area contributed by atoms with Gasteiger partial charge in [0.15, 0.2) is 5.96 Å². The van der Waals surface area contributed by atoms with E-state index >= 15 is 0 Å². The maximum absolute atomic E-state index is 12.7. The summed E-state index contributed by atoms with van der Waals surface area (Å²) in [4.78, 5) is 16.6. The van der Waals surface area contributed by atoms with Crippen molar-refractivity contribution in [3.8, 4) is 0 Å². The van der Waals surface area contributed by atoms with E-state index in [1.54, 1.807) is 0 Å². The van der Waals surface area contributed by atoms with Crippen LogP contribution in [0.4, 0.5) is 0 Å². The van der Waals surface area contributed by atoms with E-state index in [-0.39, 0.29) is 38.0 Å². The molecule has 1 amide bonds. The van der Waals surface area contributed by atoms with Crippen LogP contribution in [0.2, 0.25) is 0 Å². The van der Waals surface area contributed by atoms with Crippen LogP contribution in [-0.4, -0.2) is 66.2 Å². The molecule has 208 valence electrons. The first-order valence-corrected chi connectivity index (χ1v) is 14.2. The molecule has 0 aromatic heterocycles. The van der Waals surface area contributed by atoms with Gasteiger partial charge in [0.1, 0.15) is 23.7 Å². The van der Waals surface area contributed by atoms with Crippen molar-refractivity contribution in [3.05, 3.63) is 83.9 Å². The number of guanidine groups is 1. The molecule has 0 aliphatic carbocycles. The first-order chi connectivity index (χ1) is 18.9. The second-order valence-corrected chi connectivity index (χ2v) is 10.3. The van der Waals surface area contributed by atoms with Crippen LogP contribution in [0, 0.1) is 0 Å². The minimum Gasteiger partial charge on any atom is -0.388 e. The number of benzene rings is 3. The number of aliphatic hydroxyl groups excluding tert-OH is 1. The maximum atomic E-state index is 12.7. The summed E-state index contributed by atoms with van der Waals surface area (Å²) in [5.74, 6) is -0.339. The van der Waals surface area contributed by atoms with Crippen LogP contribution >= 0.6 is 11.8 Å². The average molecular weight is 553 g/mol. The standard InChI is InChI=1S/C29H36N4O5S/c1-39-28-25(33-24(34)13-14-32-29(30)31)27(37-17-20-11-12-21-9-5-6-10-22(21)15-20)26(35)23(38-28)18-36-16-19-7-3-2-4-8-19/h2-12,15,23,25-28,35H,13-14,16-18H2,1H3,(H,33,34)(H4,30,31,32)/t23-,25-,26-,27+,28+/m1/s1. The van der Waals surface area contributed by atoms with Gasteiger partial charge in [-0.3, -0.25) is 9.79 Å².